The number of carbonyl (C=O) groups is 1. The summed E-state index contributed by atoms with van der Waals surface area (Å²) in [5.74, 6) is 0.0700. The van der Waals surface area contributed by atoms with Crippen molar-refractivity contribution >= 4 is 17.5 Å². The van der Waals surface area contributed by atoms with E-state index in [9.17, 15) is 4.79 Å². The molecule has 0 spiro atoms. The summed E-state index contributed by atoms with van der Waals surface area (Å²) in [4.78, 5) is 13.3. The topological polar surface area (TPSA) is 20.3 Å². The van der Waals surface area contributed by atoms with E-state index in [0.29, 0.717) is 11.6 Å². The van der Waals surface area contributed by atoms with Crippen molar-refractivity contribution in [2.24, 2.45) is 0 Å². The summed E-state index contributed by atoms with van der Waals surface area (Å²) < 4.78 is 0. The largest absolute Gasteiger partial charge is 0.337 e. The van der Waals surface area contributed by atoms with Crippen molar-refractivity contribution in [2.45, 2.75) is 27.3 Å². The fraction of sp³-hybridized carbons (Fsp3) is 0.417. The van der Waals surface area contributed by atoms with E-state index in [1.165, 1.54) is 0 Å². The average Bonchev–Trinajstić information content (AvgIpc) is 2.49. The van der Waals surface area contributed by atoms with Crippen molar-refractivity contribution in [3.8, 4) is 0 Å². The van der Waals surface area contributed by atoms with E-state index in [0.717, 1.165) is 16.7 Å². The van der Waals surface area contributed by atoms with Gasteiger partial charge in [-0.05, 0) is 30.2 Å². The molecule has 0 bridgehead atoms. The Labute approximate surface area is 95.8 Å². The second kappa shape index (κ2) is 4.67. The Hall–Kier alpha value is -1.02. The molecular weight excluding hydrogens is 210 g/mol. The van der Waals surface area contributed by atoms with Crippen LogP contribution in [0, 0.1) is 6.92 Å². The van der Waals surface area contributed by atoms with Gasteiger partial charge in [0.15, 0.2) is 0 Å². The molecule has 3 heteroatoms. The number of hydrogen-bond acceptors (Lipinski definition) is 1. The van der Waals surface area contributed by atoms with Gasteiger partial charge in [-0.2, -0.15) is 0 Å². The zero-order chi connectivity index (χ0) is 11.6. The van der Waals surface area contributed by atoms with Crippen LogP contribution >= 0.6 is 11.6 Å². The number of halogens is 1. The minimum absolute atomic E-state index is 0.0700. The van der Waals surface area contributed by atoms with Crippen molar-refractivity contribution in [1.82, 2.24) is 4.90 Å². The second-order valence-electron chi connectivity index (χ2n) is 3.41. The number of fused-ring (bicyclic) bond motifs is 1. The number of hydrogen-bond donors (Lipinski definition) is 0. The van der Waals surface area contributed by atoms with Crippen molar-refractivity contribution in [1.29, 1.82) is 0 Å². The lowest BCUT2D eigenvalue weighted by atomic mass is 10.0. The summed E-state index contributed by atoms with van der Waals surface area (Å²) in [7, 11) is 1.80. The van der Waals surface area contributed by atoms with E-state index >= 15 is 0 Å². The fourth-order valence-corrected chi connectivity index (χ4v) is 1.96. The fourth-order valence-electron chi connectivity index (χ4n) is 1.69. The molecule has 1 heterocycles. The van der Waals surface area contributed by atoms with E-state index in [4.69, 9.17) is 11.6 Å². The highest BCUT2D eigenvalue weighted by atomic mass is 35.5. The molecule has 82 valence electrons. The van der Waals surface area contributed by atoms with Crippen LogP contribution in [0.5, 0.6) is 0 Å². The number of rotatable bonds is 0. The standard InChI is InChI=1S/C10H10ClNO.C2H6/c1-6-3-7(11)4-8-9(6)5-12(2)10(8)13;1-2/h3-4H,5H2,1-2H3;1-2H3. The molecule has 2 nitrogen and oxygen atoms in total. The molecular formula is C12H16ClNO. The third kappa shape index (κ3) is 2.15. The number of carbonyl (C=O) groups excluding carboxylic acids is 1. The van der Waals surface area contributed by atoms with Crippen molar-refractivity contribution in [3.05, 3.63) is 33.8 Å². The Morgan fingerprint density at radius 1 is 1.33 bits per heavy atom. The van der Waals surface area contributed by atoms with Crippen LogP contribution in [0.2, 0.25) is 5.02 Å². The third-order valence-electron chi connectivity index (χ3n) is 2.41. The molecule has 0 radical (unpaired) electrons. The first-order valence-corrected chi connectivity index (χ1v) is 5.52. The zero-order valence-corrected chi connectivity index (χ0v) is 10.4. The van der Waals surface area contributed by atoms with E-state index in [1.807, 2.05) is 26.8 Å². The quantitative estimate of drug-likeness (QED) is 0.664. The van der Waals surface area contributed by atoms with Gasteiger partial charge in [0.1, 0.15) is 0 Å². The van der Waals surface area contributed by atoms with Gasteiger partial charge in [-0.1, -0.05) is 25.4 Å². The van der Waals surface area contributed by atoms with Crippen LogP contribution in [0.15, 0.2) is 12.1 Å². The van der Waals surface area contributed by atoms with Crippen molar-refractivity contribution in [3.63, 3.8) is 0 Å². The normalized spacial score (nSPS) is 13.4. The summed E-state index contributed by atoms with van der Waals surface area (Å²) in [6.45, 7) is 6.69. The van der Waals surface area contributed by atoms with Crippen LogP contribution in [0.1, 0.15) is 35.3 Å². The summed E-state index contributed by atoms with van der Waals surface area (Å²) >= 11 is 5.87. The molecule has 2 rings (SSSR count). The van der Waals surface area contributed by atoms with E-state index in [1.54, 1.807) is 18.0 Å². The van der Waals surface area contributed by atoms with Gasteiger partial charge in [0.2, 0.25) is 0 Å². The van der Waals surface area contributed by atoms with Gasteiger partial charge in [-0.15, -0.1) is 0 Å². The molecule has 0 unspecified atom stereocenters. The van der Waals surface area contributed by atoms with E-state index in [2.05, 4.69) is 0 Å². The van der Waals surface area contributed by atoms with Crippen molar-refractivity contribution in [2.75, 3.05) is 7.05 Å². The highest BCUT2D eigenvalue weighted by Gasteiger charge is 2.25. The predicted octanol–water partition coefficient (Wildman–Crippen LogP) is 3.26. The summed E-state index contributed by atoms with van der Waals surface area (Å²) in [5.41, 5.74) is 2.96. The molecule has 1 aliphatic heterocycles. The highest BCUT2D eigenvalue weighted by molar-refractivity contribution is 6.31. The monoisotopic (exact) mass is 225 g/mol. The van der Waals surface area contributed by atoms with Gasteiger partial charge in [-0.3, -0.25) is 4.79 Å². The van der Waals surface area contributed by atoms with Crippen LogP contribution in [0.3, 0.4) is 0 Å². The maximum Gasteiger partial charge on any atom is 0.254 e. The molecule has 1 aliphatic rings. The molecule has 1 amide bonds. The first kappa shape index (κ1) is 12.1. The van der Waals surface area contributed by atoms with E-state index < -0.39 is 0 Å². The smallest absolute Gasteiger partial charge is 0.254 e. The van der Waals surface area contributed by atoms with Gasteiger partial charge in [0.25, 0.3) is 5.91 Å². The van der Waals surface area contributed by atoms with Crippen LogP contribution in [-0.2, 0) is 6.54 Å². The first-order valence-electron chi connectivity index (χ1n) is 5.14. The third-order valence-corrected chi connectivity index (χ3v) is 2.63. The second-order valence-corrected chi connectivity index (χ2v) is 3.85. The summed E-state index contributed by atoms with van der Waals surface area (Å²) in [5, 5.41) is 0.639. The number of amides is 1. The van der Waals surface area contributed by atoms with Crippen molar-refractivity contribution < 1.29 is 4.79 Å². The van der Waals surface area contributed by atoms with Gasteiger partial charge in [0, 0.05) is 24.2 Å². The molecule has 0 aliphatic carbocycles. The Kier molecular flexibility index (Phi) is 3.75. The number of aryl methyl sites for hydroxylation is 1. The molecule has 0 saturated carbocycles. The minimum Gasteiger partial charge on any atom is -0.337 e. The SMILES string of the molecule is CC.Cc1cc(Cl)cc2c1CN(C)C2=O. The molecule has 0 saturated heterocycles. The molecule has 15 heavy (non-hydrogen) atoms. The minimum atomic E-state index is 0.0700. The van der Waals surface area contributed by atoms with Crippen LogP contribution in [0.25, 0.3) is 0 Å². The van der Waals surface area contributed by atoms with Gasteiger partial charge in [-0.25, -0.2) is 0 Å². The van der Waals surface area contributed by atoms with Crippen LogP contribution in [0.4, 0.5) is 0 Å². The highest BCUT2D eigenvalue weighted by Crippen LogP contribution is 2.27. The molecule has 0 atom stereocenters. The number of benzene rings is 1. The lowest BCUT2D eigenvalue weighted by Gasteiger charge is -2.05. The maximum atomic E-state index is 11.6. The molecule has 0 aromatic heterocycles. The Balaban J connectivity index is 0.000000531. The molecule has 0 N–H and O–H groups in total. The Morgan fingerprint density at radius 2 is 1.93 bits per heavy atom. The molecule has 0 fully saturated rings. The number of nitrogens with zero attached hydrogens (tertiary/aromatic N) is 1. The predicted molar refractivity (Wildman–Crippen MR) is 63.3 cm³/mol. The van der Waals surface area contributed by atoms with Crippen LogP contribution < -0.4 is 0 Å². The molecule has 1 aromatic carbocycles. The lowest BCUT2D eigenvalue weighted by molar-refractivity contribution is 0.0816. The Morgan fingerprint density at radius 3 is 2.53 bits per heavy atom. The zero-order valence-electron chi connectivity index (χ0n) is 9.60. The van der Waals surface area contributed by atoms with E-state index in [-0.39, 0.29) is 5.91 Å². The first-order chi connectivity index (χ1) is 7.09. The maximum absolute atomic E-state index is 11.6. The van der Waals surface area contributed by atoms with Gasteiger partial charge < -0.3 is 4.90 Å². The van der Waals surface area contributed by atoms with Crippen LogP contribution in [-0.4, -0.2) is 17.9 Å². The average molecular weight is 226 g/mol. The summed E-state index contributed by atoms with van der Waals surface area (Å²) in [6.07, 6.45) is 0. The lowest BCUT2D eigenvalue weighted by Crippen LogP contribution is -2.17. The molecule has 1 aromatic rings. The Bertz CT molecular complexity index is 387. The van der Waals surface area contributed by atoms with Gasteiger partial charge >= 0.3 is 0 Å². The van der Waals surface area contributed by atoms with Gasteiger partial charge in [0.05, 0.1) is 0 Å². The summed E-state index contributed by atoms with van der Waals surface area (Å²) in [6, 6.07) is 3.64.